The number of nitrogens with two attached hydrogens (primary N) is 1. The largest absolute Gasteiger partial charge is 0.493 e. The molecule has 1 unspecified atom stereocenters. The van der Waals surface area contributed by atoms with Gasteiger partial charge in [0.15, 0.2) is 0 Å². The fourth-order valence-corrected chi connectivity index (χ4v) is 3.43. The number of benzene rings is 2. The third-order valence-electron chi connectivity index (χ3n) is 4.20. The Morgan fingerprint density at radius 2 is 2.00 bits per heavy atom. The molecule has 0 fully saturated rings. The van der Waals surface area contributed by atoms with E-state index in [1.54, 1.807) is 0 Å². The Balaban J connectivity index is 1.68. The van der Waals surface area contributed by atoms with E-state index in [2.05, 4.69) is 28.1 Å². The van der Waals surface area contributed by atoms with Crippen LogP contribution in [0.4, 0.5) is 0 Å². The average molecular weight is 346 g/mol. The number of halogens is 1. The summed E-state index contributed by atoms with van der Waals surface area (Å²) in [5, 5.41) is 0. The lowest BCUT2D eigenvalue weighted by atomic mass is 9.93. The van der Waals surface area contributed by atoms with Crippen LogP contribution in [-0.4, -0.2) is 6.61 Å². The summed E-state index contributed by atoms with van der Waals surface area (Å²) >= 11 is 3.49. The fraction of sp³-hybridized carbons (Fsp3) is 0.294. The van der Waals surface area contributed by atoms with Crippen LogP contribution in [-0.2, 0) is 6.42 Å². The Morgan fingerprint density at radius 3 is 2.90 bits per heavy atom. The lowest BCUT2D eigenvalue weighted by molar-refractivity contribution is 0.161. The maximum absolute atomic E-state index is 6.32. The van der Waals surface area contributed by atoms with E-state index < -0.39 is 0 Å². The molecule has 2 atom stereocenters. The molecule has 0 saturated carbocycles. The molecule has 3 nitrogen and oxygen atoms in total. The van der Waals surface area contributed by atoms with Gasteiger partial charge in [-0.25, -0.2) is 0 Å². The summed E-state index contributed by atoms with van der Waals surface area (Å²) in [5.41, 5.74) is 9.85. The summed E-state index contributed by atoms with van der Waals surface area (Å²) in [4.78, 5) is 0. The fourth-order valence-electron chi connectivity index (χ4n) is 3.09. The minimum atomic E-state index is 0.00713. The molecule has 0 radical (unpaired) electrons. The molecule has 2 N–H and O–H groups in total. The summed E-state index contributed by atoms with van der Waals surface area (Å²) in [7, 11) is 0. The number of rotatable bonds is 1. The Labute approximate surface area is 132 Å². The Bertz CT molecular complexity index is 701. The zero-order chi connectivity index (χ0) is 14.4. The highest BCUT2D eigenvalue weighted by atomic mass is 79.9. The number of fused-ring (bicyclic) bond motifs is 2. The van der Waals surface area contributed by atoms with Crippen LogP contribution in [0.15, 0.2) is 40.9 Å². The van der Waals surface area contributed by atoms with Crippen LogP contribution < -0.4 is 15.2 Å². The Morgan fingerprint density at radius 1 is 1.10 bits per heavy atom. The summed E-state index contributed by atoms with van der Waals surface area (Å²) in [6.07, 6.45) is 1.78. The van der Waals surface area contributed by atoms with Crippen molar-refractivity contribution >= 4 is 15.9 Å². The third kappa shape index (κ3) is 2.32. The summed E-state index contributed by atoms with van der Waals surface area (Å²) in [6.45, 7) is 0.777. The molecule has 2 aromatic rings. The topological polar surface area (TPSA) is 44.5 Å². The highest BCUT2D eigenvalue weighted by Crippen LogP contribution is 2.41. The molecular formula is C17H16BrNO2. The highest BCUT2D eigenvalue weighted by Gasteiger charge is 2.28. The van der Waals surface area contributed by atoms with Crippen LogP contribution in [0.3, 0.4) is 0 Å². The van der Waals surface area contributed by atoms with Gasteiger partial charge in [-0.3, -0.25) is 0 Å². The zero-order valence-electron chi connectivity index (χ0n) is 11.5. The van der Waals surface area contributed by atoms with Crippen molar-refractivity contribution < 1.29 is 9.47 Å². The zero-order valence-corrected chi connectivity index (χ0v) is 13.1. The van der Waals surface area contributed by atoms with E-state index >= 15 is 0 Å². The van der Waals surface area contributed by atoms with E-state index in [4.69, 9.17) is 15.2 Å². The molecule has 0 saturated heterocycles. The average Bonchev–Trinajstić information content (AvgIpc) is 2.94. The molecule has 2 aliphatic heterocycles. The first-order valence-electron chi connectivity index (χ1n) is 7.18. The summed E-state index contributed by atoms with van der Waals surface area (Å²) in [6, 6.07) is 12.4. The third-order valence-corrected chi connectivity index (χ3v) is 4.69. The normalized spacial score (nSPS) is 23.0. The minimum absolute atomic E-state index is 0.00713. The molecule has 0 spiro atoms. The molecule has 21 heavy (non-hydrogen) atoms. The first-order chi connectivity index (χ1) is 10.2. The monoisotopic (exact) mass is 345 g/mol. The Hall–Kier alpha value is -1.52. The number of hydrogen-bond donors (Lipinski definition) is 1. The van der Waals surface area contributed by atoms with Gasteiger partial charge in [-0.15, -0.1) is 0 Å². The lowest BCUT2D eigenvalue weighted by Crippen LogP contribution is -2.24. The van der Waals surface area contributed by atoms with Crippen molar-refractivity contribution in [1.29, 1.82) is 0 Å². The van der Waals surface area contributed by atoms with Crippen molar-refractivity contribution in [3.05, 3.63) is 57.6 Å². The second-order valence-corrected chi connectivity index (χ2v) is 6.51. The predicted molar refractivity (Wildman–Crippen MR) is 84.7 cm³/mol. The van der Waals surface area contributed by atoms with Crippen LogP contribution in [0.5, 0.6) is 11.5 Å². The van der Waals surface area contributed by atoms with Crippen molar-refractivity contribution in [3.63, 3.8) is 0 Å². The molecule has 2 aliphatic rings. The van der Waals surface area contributed by atoms with E-state index in [9.17, 15) is 0 Å². The molecule has 0 aromatic heterocycles. The molecular weight excluding hydrogens is 330 g/mol. The lowest BCUT2D eigenvalue weighted by Gasteiger charge is -2.31. The highest BCUT2D eigenvalue weighted by molar-refractivity contribution is 9.10. The smallest absolute Gasteiger partial charge is 0.126 e. The summed E-state index contributed by atoms with van der Waals surface area (Å²) in [5.74, 6) is 1.88. The second-order valence-electron chi connectivity index (χ2n) is 5.60. The first kappa shape index (κ1) is 13.2. The van der Waals surface area contributed by atoms with E-state index in [1.807, 2.05) is 24.3 Å². The SMILES string of the molecule is N[C@H]1CC(c2ccc3c(c2)CCO3)Oc2cc(Br)ccc21. The molecule has 4 heteroatoms. The van der Waals surface area contributed by atoms with Gasteiger partial charge in [-0.2, -0.15) is 0 Å². The van der Waals surface area contributed by atoms with Gasteiger partial charge in [0.2, 0.25) is 0 Å². The maximum atomic E-state index is 6.32. The van der Waals surface area contributed by atoms with Gasteiger partial charge >= 0.3 is 0 Å². The number of ether oxygens (including phenoxy) is 2. The minimum Gasteiger partial charge on any atom is -0.493 e. The molecule has 0 amide bonds. The predicted octanol–water partition coefficient (Wildman–Crippen LogP) is 3.91. The van der Waals surface area contributed by atoms with Gasteiger partial charge in [-0.1, -0.05) is 28.1 Å². The molecule has 4 rings (SSSR count). The van der Waals surface area contributed by atoms with E-state index in [1.165, 1.54) is 11.1 Å². The van der Waals surface area contributed by atoms with Crippen LogP contribution in [0.25, 0.3) is 0 Å². The van der Waals surface area contributed by atoms with Gasteiger partial charge in [0.05, 0.1) is 6.61 Å². The molecule has 2 aromatic carbocycles. The molecule has 108 valence electrons. The van der Waals surface area contributed by atoms with E-state index in [-0.39, 0.29) is 12.1 Å². The summed E-state index contributed by atoms with van der Waals surface area (Å²) < 4.78 is 12.8. The van der Waals surface area contributed by atoms with Gasteiger partial charge in [0.1, 0.15) is 17.6 Å². The van der Waals surface area contributed by atoms with E-state index in [0.29, 0.717) is 0 Å². The van der Waals surface area contributed by atoms with Crippen molar-refractivity contribution in [2.24, 2.45) is 5.73 Å². The van der Waals surface area contributed by atoms with Crippen molar-refractivity contribution in [2.45, 2.75) is 25.0 Å². The second kappa shape index (κ2) is 5.04. The standard InChI is InChI=1S/C17H16BrNO2/c18-12-2-3-13-14(19)9-16(21-17(13)8-12)10-1-4-15-11(7-10)5-6-20-15/h1-4,7-8,14,16H,5-6,9,19H2/t14-,16?/m0/s1. The van der Waals surface area contributed by atoms with Crippen molar-refractivity contribution in [1.82, 2.24) is 0 Å². The van der Waals surface area contributed by atoms with E-state index in [0.717, 1.165) is 41.0 Å². The molecule has 2 heterocycles. The maximum Gasteiger partial charge on any atom is 0.126 e. The molecule has 0 aliphatic carbocycles. The van der Waals surface area contributed by atoms with Crippen LogP contribution in [0.1, 0.15) is 35.3 Å². The van der Waals surface area contributed by atoms with Gasteiger partial charge in [0.25, 0.3) is 0 Å². The van der Waals surface area contributed by atoms with Crippen LogP contribution >= 0.6 is 15.9 Å². The van der Waals surface area contributed by atoms with Crippen LogP contribution in [0, 0.1) is 0 Å². The van der Waals surface area contributed by atoms with Crippen molar-refractivity contribution in [2.75, 3.05) is 6.61 Å². The van der Waals surface area contributed by atoms with Gasteiger partial charge in [0, 0.05) is 28.9 Å². The van der Waals surface area contributed by atoms with Gasteiger partial charge in [-0.05, 0) is 35.4 Å². The number of hydrogen-bond acceptors (Lipinski definition) is 3. The van der Waals surface area contributed by atoms with Crippen molar-refractivity contribution in [3.8, 4) is 11.5 Å². The van der Waals surface area contributed by atoms with Gasteiger partial charge < -0.3 is 15.2 Å². The quantitative estimate of drug-likeness (QED) is 0.852. The van der Waals surface area contributed by atoms with Crippen LogP contribution in [0.2, 0.25) is 0 Å². The molecule has 0 bridgehead atoms. The Kier molecular flexibility index (Phi) is 3.16. The first-order valence-corrected chi connectivity index (χ1v) is 7.97.